The van der Waals surface area contributed by atoms with Crippen molar-refractivity contribution in [2.24, 2.45) is 0 Å². The molecule has 1 amide bonds. The lowest BCUT2D eigenvalue weighted by Crippen LogP contribution is -2.34. The molecule has 1 N–H and O–H groups in total. The number of para-hydroxylation sites is 1. The minimum atomic E-state index is -0.234. The highest BCUT2D eigenvalue weighted by Gasteiger charge is 2.14. The second-order valence-electron chi connectivity index (χ2n) is 5.04. The van der Waals surface area contributed by atoms with E-state index in [2.05, 4.69) is 5.32 Å². The number of carbonyl (C=O) groups is 1. The Morgan fingerprint density at radius 3 is 2.42 bits per heavy atom. The molecule has 0 radical (unpaired) electrons. The van der Waals surface area contributed by atoms with Crippen LogP contribution in [0.25, 0.3) is 0 Å². The van der Waals surface area contributed by atoms with Gasteiger partial charge in [-0.3, -0.25) is 4.79 Å². The Labute approximate surface area is 153 Å². The van der Waals surface area contributed by atoms with Crippen molar-refractivity contribution < 1.29 is 9.18 Å². The van der Waals surface area contributed by atoms with E-state index < -0.39 is 0 Å². The van der Waals surface area contributed by atoms with Crippen LogP contribution in [-0.4, -0.2) is 31.8 Å². The topological polar surface area (TPSA) is 32.3 Å². The molecule has 0 spiro atoms. The third-order valence-electron chi connectivity index (χ3n) is 3.36. The highest BCUT2D eigenvalue weighted by Crippen LogP contribution is 2.20. The first-order chi connectivity index (χ1) is 11.2. The molecule has 0 bridgehead atoms. The minimum absolute atomic E-state index is 0. The summed E-state index contributed by atoms with van der Waals surface area (Å²) in [5.74, 6) is 0.624. The van der Waals surface area contributed by atoms with Crippen LogP contribution in [-0.2, 0) is 4.79 Å². The van der Waals surface area contributed by atoms with Gasteiger partial charge in [0.2, 0.25) is 5.91 Å². The monoisotopic (exact) mass is 368 g/mol. The zero-order valence-corrected chi connectivity index (χ0v) is 15.2. The molecule has 2 rings (SSSR count). The van der Waals surface area contributed by atoms with Crippen molar-refractivity contribution in [3.63, 3.8) is 0 Å². The summed E-state index contributed by atoms with van der Waals surface area (Å²) in [6.07, 6.45) is 0.465. The number of carbonyl (C=O) groups excluding carboxylic acids is 1. The molecule has 2 aromatic carbocycles. The Bertz CT molecular complexity index is 610. The first kappa shape index (κ1) is 20.5. The van der Waals surface area contributed by atoms with E-state index in [4.69, 9.17) is 0 Å². The minimum Gasteiger partial charge on any atom is -0.319 e. The zero-order chi connectivity index (χ0) is 16.5. The van der Waals surface area contributed by atoms with Crippen LogP contribution in [0.1, 0.15) is 6.42 Å². The maximum Gasteiger partial charge on any atom is 0.228 e. The van der Waals surface area contributed by atoms with E-state index >= 15 is 0 Å². The smallest absolute Gasteiger partial charge is 0.228 e. The molecule has 0 aliphatic carbocycles. The number of rotatable bonds is 8. The summed E-state index contributed by atoms with van der Waals surface area (Å²) >= 11 is 1.62. The number of nitrogens with zero attached hydrogens (tertiary/aromatic N) is 1. The fraction of sp³-hybridized carbons (Fsp3) is 0.278. The van der Waals surface area contributed by atoms with Gasteiger partial charge < -0.3 is 10.2 Å². The number of hydrogen-bond acceptors (Lipinski definition) is 3. The van der Waals surface area contributed by atoms with E-state index in [0.717, 1.165) is 16.3 Å². The second-order valence-corrected chi connectivity index (χ2v) is 6.21. The first-order valence-electron chi connectivity index (χ1n) is 7.59. The van der Waals surface area contributed by atoms with Crippen LogP contribution in [0.4, 0.5) is 10.1 Å². The van der Waals surface area contributed by atoms with Crippen molar-refractivity contribution in [2.75, 3.05) is 30.8 Å². The molecule has 2 aromatic rings. The van der Waals surface area contributed by atoms with Gasteiger partial charge in [0.05, 0.1) is 0 Å². The maximum atomic E-state index is 12.9. The number of thioether (sulfide) groups is 1. The van der Waals surface area contributed by atoms with E-state index in [1.54, 1.807) is 23.9 Å². The lowest BCUT2D eigenvalue weighted by Gasteiger charge is -2.23. The average Bonchev–Trinajstić information content (AvgIpc) is 2.59. The Balaban J connectivity index is 0.00000288. The Hall–Kier alpha value is -1.56. The molecule has 0 atom stereocenters. The lowest BCUT2D eigenvalue weighted by molar-refractivity contribution is -0.118. The van der Waals surface area contributed by atoms with Crippen LogP contribution in [0.3, 0.4) is 0 Å². The van der Waals surface area contributed by atoms with Gasteiger partial charge in [-0.15, -0.1) is 24.2 Å². The molecule has 0 saturated heterocycles. The van der Waals surface area contributed by atoms with Crippen molar-refractivity contribution in [3.8, 4) is 0 Å². The van der Waals surface area contributed by atoms with Crippen LogP contribution in [0, 0.1) is 5.82 Å². The molecule has 6 heteroatoms. The molecular formula is C18H22ClFN2OS. The summed E-state index contributed by atoms with van der Waals surface area (Å²) in [4.78, 5) is 15.2. The van der Waals surface area contributed by atoms with Crippen molar-refractivity contribution in [1.29, 1.82) is 0 Å². The third kappa shape index (κ3) is 6.51. The molecule has 0 heterocycles. The van der Waals surface area contributed by atoms with Crippen LogP contribution < -0.4 is 10.2 Å². The third-order valence-corrected chi connectivity index (χ3v) is 4.35. The average molecular weight is 369 g/mol. The van der Waals surface area contributed by atoms with Crippen molar-refractivity contribution in [2.45, 2.75) is 11.3 Å². The van der Waals surface area contributed by atoms with Crippen LogP contribution in [0.15, 0.2) is 59.5 Å². The summed E-state index contributed by atoms with van der Waals surface area (Å²) in [5.41, 5.74) is 0.910. The predicted octanol–water partition coefficient (Wildman–Crippen LogP) is 3.98. The van der Waals surface area contributed by atoms with E-state index in [9.17, 15) is 9.18 Å². The molecule has 0 aromatic heterocycles. The van der Waals surface area contributed by atoms with E-state index in [0.29, 0.717) is 19.5 Å². The normalized spacial score (nSPS) is 10.1. The van der Waals surface area contributed by atoms with Crippen molar-refractivity contribution >= 4 is 35.8 Å². The largest absolute Gasteiger partial charge is 0.319 e. The highest BCUT2D eigenvalue weighted by atomic mass is 35.5. The van der Waals surface area contributed by atoms with E-state index in [-0.39, 0.29) is 24.1 Å². The summed E-state index contributed by atoms with van der Waals surface area (Å²) in [6, 6.07) is 16.1. The van der Waals surface area contributed by atoms with Crippen molar-refractivity contribution in [3.05, 3.63) is 60.4 Å². The number of hydrogen-bond donors (Lipinski definition) is 1. The summed E-state index contributed by atoms with van der Waals surface area (Å²) in [7, 11) is 1.84. The fourth-order valence-corrected chi connectivity index (χ4v) is 3.00. The van der Waals surface area contributed by atoms with Gasteiger partial charge in [-0.1, -0.05) is 18.2 Å². The van der Waals surface area contributed by atoms with Gasteiger partial charge in [-0.2, -0.15) is 0 Å². The van der Waals surface area contributed by atoms with Gasteiger partial charge in [0.15, 0.2) is 0 Å². The van der Waals surface area contributed by atoms with E-state index in [1.165, 1.54) is 12.1 Å². The Morgan fingerprint density at radius 2 is 1.79 bits per heavy atom. The van der Waals surface area contributed by atoms with Gasteiger partial charge >= 0.3 is 0 Å². The summed E-state index contributed by atoms with van der Waals surface area (Å²) in [6.45, 7) is 1.28. The molecule has 24 heavy (non-hydrogen) atoms. The van der Waals surface area contributed by atoms with Crippen LogP contribution >= 0.6 is 24.2 Å². The van der Waals surface area contributed by atoms with E-state index in [1.807, 2.05) is 42.3 Å². The molecule has 0 aliphatic rings. The second kappa shape index (κ2) is 11.1. The number of halogens is 2. The molecule has 130 valence electrons. The van der Waals surface area contributed by atoms with Gasteiger partial charge in [0.1, 0.15) is 5.82 Å². The molecule has 0 fully saturated rings. The summed E-state index contributed by atoms with van der Waals surface area (Å²) in [5, 5.41) is 3.00. The highest BCUT2D eigenvalue weighted by molar-refractivity contribution is 7.99. The Kier molecular flexibility index (Phi) is 9.45. The van der Waals surface area contributed by atoms with Gasteiger partial charge in [0, 0.05) is 35.8 Å². The number of anilines is 1. The first-order valence-corrected chi connectivity index (χ1v) is 8.57. The predicted molar refractivity (Wildman–Crippen MR) is 102 cm³/mol. The lowest BCUT2D eigenvalue weighted by atomic mass is 10.2. The zero-order valence-electron chi connectivity index (χ0n) is 13.6. The molecule has 0 saturated carbocycles. The quantitative estimate of drug-likeness (QED) is 0.715. The fourth-order valence-electron chi connectivity index (χ4n) is 2.16. The van der Waals surface area contributed by atoms with Gasteiger partial charge in [0.25, 0.3) is 0 Å². The van der Waals surface area contributed by atoms with Crippen LogP contribution in [0.2, 0.25) is 0 Å². The number of nitrogens with one attached hydrogen (secondary N) is 1. The SMILES string of the molecule is CNCCC(=O)N(CCSc1ccc(F)cc1)c1ccccc1.Cl. The van der Waals surface area contributed by atoms with Gasteiger partial charge in [-0.25, -0.2) is 4.39 Å². The molecule has 0 aliphatic heterocycles. The van der Waals surface area contributed by atoms with Gasteiger partial charge in [-0.05, 0) is 43.4 Å². The molecule has 0 unspecified atom stereocenters. The Morgan fingerprint density at radius 1 is 1.12 bits per heavy atom. The maximum absolute atomic E-state index is 12.9. The number of benzene rings is 2. The number of amides is 1. The van der Waals surface area contributed by atoms with Crippen molar-refractivity contribution in [1.82, 2.24) is 5.32 Å². The standard InChI is InChI=1S/C18H21FN2OS.ClH/c1-20-12-11-18(22)21(16-5-3-2-4-6-16)13-14-23-17-9-7-15(19)8-10-17;/h2-10,20H,11-14H2,1H3;1H. The summed E-state index contributed by atoms with van der Waals surface area (Å²) < 4.78 is 12.9. The van der Waals surface area contributed by atoms with Crippen LogP contribution in [0.5, 0.6) is 0 Å². The molecule has 3 nitrogen and oxygen atoms in total. The molecular weight excluding hydrogens is 347 g/mol.